The Bertz CT molecular complexity index is 1470. The average molecular weight is 586 g/mol. The molecule has 0 aromatic heterocycles. The lowest BCUT2D eigenvalue weighted by molar-refractivity contribution is -0.137. The van der Waals surface area contributed by atoms with Crippen LogP contribution in [0.3, 0.4) is 0 Å². The maximum atomic E-state index is 13.3. The van der Waals surface area contributed by atoms with Gasteiger partial charge in [-0.25, -0.2) is 13.1 Å². The number of rotatable bonds is 10. The Balaban J connectivity index is 1.30. The first-order valence-electron chi connectivity index (χ1n) is 14.0. The van der Waals surface area contributed by atoms with Crippen molar-refractivity contribution in [1.82, 2.24) is 15.4 Å². The van der Waals surface area contributed by atoms with Crippen molar-refractivity contribution in [2.24, 2.45) is 0 Å². The van der Waals surface area contributed by atoms with E-state index in [4.69, 9.17) is 0 Å². The maximum absolute atomic E-state index is 13.3. The van der Waals surface area contributed by atoms with Gasteiger partial charge in [0.05, 0.1) is 22.5 Å². The second kappa shape index (κ2) is 12.3. The van der Waals surface area contributed by atoms with E-state index >= 15 is 0 Å². The third kappa shape index (κ3) is 7.36. The van der Waals surface area contributed by atoms with Crippen LogP contribution in [0.4, 0.5) is 13.2 Å². The molecule has 2 aliphatic carbocycles. The third-order valence-electron chi connectivity index (χ3n) is 7.92. The zero-order valence-corrected chi connectivity index (χ0v) is 23.4. The highest BCUT2D eigenvalue weighted by Crippen LogP contribution is 2.33. The minimum absolute atomic E-state index is 0.198. The Hall–Kier alpha value is -3.21. The Morgan fingerprint density at radius 1 is 0.927 bits per heavy atom. The second-order valence-electron chi connectivity index (χ2n) is 10.9. The number of carbonyl (C=O) groups is 1. The zero-order valence-electron chi connectivity index (χ0n) is 22.6. The standard InChI is InChI=1S/C31H34F3N3O3S/c32-31(33,34)24-10-5-13-26(18-24)41(39,40)37-29(22-7-2-1-3-8-22)19-30(38)36-28-14-4-9-23-17-21(15-16-27(23)28)20-35-25-11-6-12-25/h1-3,5,7-8,10,13,15-18,25,28-29,35,37H,4,6,9,11-12,14,19-20H2,(H,36,38). The van der Waals surface area contributed by atoms with Gasteiger partial charge in [-0.3, -0.25) is 4.79 Å². The molecule has 1 fully saturated rings. The molecule has 0 aliphatic heterocycles. The van der Waals surface area contributed by atoms with Gasteiger partial charge in [0.15, 0.2) is 0 Å². The summed E-state index contributed by atoms with van der Waals surface area (Å²) in [5, 5.41) is 6.66. The fraction of sp³-hybridized carbons (Fsp3) is 0.387. The van der Waals surface area contributed by atoms with Gasteiger partial charge in [0.1, 0.15) is 0 Å². The SMILES string of the molecule is O=C(CC(NS(=O)(=O)c1cccc(C(F)(F)F)c1)c1ccccc1)NC1CCCc2cc(CNC3CCC3)ccc21. The van der Waals surface area contributed by atoms with Gasteiger partial charge >= 0.3 is 6.18 Å². The minimum atomic E-state index is -4.69. The predicted octanol–water partition coefficient (Wildman–Crippen LogP) is 5.95. The summed E-state index contributed by atoms with van der Waals surface area (Å²) in [6.45, 7) is 0.819. The minimum Gasteiger partial charge on any atom is -0.349 e. The lowest BCUT2D eigenvalue weighted by Crippen LogP contribution is -2.36. The molecule has 0 spiro atoms. The topological polar surface area (TPSA) is 87.3 Å². The molecule has 2 unspecified atom stereocenters. The van der Waals surface area contributed by atoms with Gasteiger partial charge in [0, 0.05) is 19.0 Å². The summed E-state index contributed by atoms with van der Waals surface area (Å²) in [5.41, 5.74) is 2.96. The molecular weight excluding hydrogens is 551 g/mol. The quantitative estimate of drug-likeness (QED) is 0.275. The van der Waals surface area contributed by atoms with Crippen LogP contribution in [0, 0.1) is 0 Å². The molecule has 2 atom stereocenters. The molecule has 3 aromatic rings. The van der Waals surface area contributed by atoms with Gasteiger partial charge in [-0.05, 0) is 72.6 Å². The highest BCUT2D eigenvalue weighted by atomic mass is 32.2. The van der Waals surface area contributed by atoms with Crippen LogP contribution in [0.1, 0.15) is 78.4 Å². The molecular formula is C31H34F3N3O3S. The summed E-state index contributed by atoms with van der Waals surface area (Å²) in [7, 11) is -4.37. The molecule has 1 amide bonds. The number of sulfonamides is 1. The molecule has 41 heavy (non-hydrogen) atoms. The first kappa shape index (κ1) is 29.3. The third-order valence-corrected chi connectivity index (χ3v) is 9.39. The first-order valence-corrected chi connectivity index (χ1v) is 15.5. The number of hydrogen-bond acceptors (Lipinski definition) is 4. The van der Waals surface area contributed by atoms with Crippen molar-refractivity contribution in [2.45, 2.75) is 80.7 Å². The molecule has 1 saturated carbocycles. The largest absolute Gasteiger partial charge is 0.416 e. The van der Waals surface area contributed by atoms with Crippen molar-refractivity contribution < 1.29 is 26.4 Å². The smallest absolute Gasteiger partial charge is 0.349 e. The van der Waals surface area contributed by atoms with Crippen molar-refractivity contribution in [1.29, 1.82) is 0 Å². The average Bonchev–Trinajstić information content (AvgIpc) is 2.92. The number of nitrogens with one attached hydrogen (secondary N) is 3. The zero-order chi connectivity index (χ0) is 29.0. The molecule has 3 aromatic carbocycles. The molecule has 5 rings (SSSR count). The van der Waals surface area contributed by atoms with E-state index in [1.807, 2.05) is 0 Å². The van der Waals surface area contributed by atoms with Crippen molar-refractivity contribution in [3.05, 3.63) is 101 Å². The van der Waals surface area contributed by atoms with E-state index in [2.05, 4.69) is 33.6 Å². The number of hydrogen-bond donors (Lipinski definition) is 3. The molecule has 0 saturated heterocycles. The van der Waals surface area contributed by atoms with Crippen LogP contribution in [-0.4, -0.2) is 20.4 Å². The van der Waals surface area contributed by atoms with Crippen LogP contribution < -0.4 is 15.4 Å². The number of halogens is 3. The summed E-state index contributed by atoms with van der Waals surface area (Å²) in [6, 6.07) is 17.9. The van der Waals surface area contributed by atoms with Gasteiger partial charge in [0.25, 0.3) is 0 Å². The van der Waals surface area contributed by atoms with Gasteiger partial charge in [-0.2, -0.15) is 13.2 Å². The Labute approximate surface area is 238 Å². The van der Waals surface area contributed by atoms with Crippen LogP contribution >= 0.6 is 0 Å². The summed E-state index contributed by atoms with van der Waals surface area (Å²) in [5.74, 6) is -0.348. The van der Waals surface area contributed by atoms with E-state index < -0.39 is 32.7 Å². The first-order chi connectivity index (χ1) is 19.6. The van der Waals surface area contributed by atoms with Gasteiger partial charge in [0.2, 0.25) is 15.9 Å². The van der Waals surface area contributed by atoms with Crippen LogP contribution in [0.15, 0.2) is 77.7 Å². The molecule has 0 bridgehead atoms. The molecule has 2 aliphatic rings. The monoisotopic (exact) mass is 585 g/mol. The summed E-state index contributed by atoms with van der Waals surface area (Å²) < 4.78 is 68.5. The van der Waals surface area contributed by atoms with Crippen LogP contribution in [0.5, 0.6) is 0 Å². The highest BCUT2D eigenvalue weighted by Gasteiger charge is 2.33. The Kier molecular flexibility index (Phi) is 8.82. The van der Waals surface area contributed by atoms with E-state index in [0.717, 1.165) is 49.6 Å². The van der Waals surface area contributed by atoms with E-state index in [1.165, 1.54) is 30.4 Å². The van der Waals surface area contributed by atoms with Crippen LogP contribution in [0.2, 0.25) is 0 Å². The normalized spacial score (nSPS) is 18.3. The van der Waals surface area contributed by atoms with E-state index in [0.29, 0.717) is 17.7 Å². The van der Waals surface area contributed by atoms with Gasteiger partial charge in [-0.15, -0.1) is 0 Å². The Morgan fingerprint density at radius 3 is 2.41 bits per heavy atom. The molecule has 218 valence electrons. The molecule has 0 radical (unpaired) electrons. The van der Waals surface area contributed by atoms with Crippen molar-refractivity contribution >= 4 is 15.9 Å². The lowest BCUT2D eigenvalue weighted by Gasteiger charge is -2.29. The van der Waals surface area contributed by atoms with Gasteiger partial charge in [-0.1, -0.05) is 61.0 Å². The Morgan fingerprint density at radius 2 is 1.71 bits per heavy atom. The summed E-state index contributed by atoms with van der Waals surface area (Å²) in [4.78, 5) is 12.8. The number of fused-ring (bicyclic) bond motifs is 1. The summed E-state index contributed by atoms with van der Waals surface area (Å²) >= 11 is 0. The highest BCUT2D eigenvalue weighted by molar-refractivity contribution is 7.89. The van der Waals surface area contributed by atoms with Crippen molar-refractivity contribution in [2.75, 3.05) is 0 Å². The van der Waals surface area contributed by atoms with Crippen LogP contribution in [0.25, 0.3) is 0 Å². The molecule has 3 N–H and O–H groups in total. The predicted molar refractivity (Wildman–Crippen MR) is 150 cm³/mol. The second-order valence-corrected chi connectivity index (χ2v) is 12.6. The number of carbonyl (C=O) groups excluding carboxylic acids is 1. The maximum Gasteiger partial charge on any atom is 0.416 e. The van der Waals surface area contributed by atoms with E-state index in [1.54, 1.807) is 30.3 Å². The molecule has 0 heterocycles. The fourth-order valence-corrected chi connectivity index (χ4v) is 6.72. The number of aryl methyl sites for hydroxylation is 1. The van der Waals surface area contributed by atoms with E-state index in [-0.39, 0.29) is 18.4 Å². The fourth-order valence-electron chi connectivity index (χ4n) is 5.45. The summed E-state index contributed by atoms with van der Waals surface area (Å²) in [6.07, 6.45) is 1.44. The number of amides is 1. The molecule has 10 heteroatoms. The molecule has 6 nitrogen and oxygen atoms in total. The van der Waals surface area contributed by atoms with Crippen LogP contribution in [-0.2, 0) is 34.0 Å². The van der Waals surface area contributed by atoms with Crippen molar-refractivity contribution in [3.63, 3.8) is 0 Å². The lowest BCUT2D eigenvalue weighted by atomic mass is 9.86. The van der Waals surface area contributed by atoms with E-state index in [9.17, 15) is 26.4 Å². The van der Waals surface area contributed by atoms with Gasteiger partial charge < -0.3 is 10.6 Å². The number of alkyl halides is 3. The van der Waals surface area contributed by atoms with Crippen molar-refractivity contribution in [3.8, 4) is 0 Å². The number of benzene rings is 3.